The molecule has 0 heterocycles. The molecule has 3 rings (SSSR count). The Morgan fingerprint density at radius 1 is 0.923 bits per heavy atom. The van der Waals surface area contributed by atoms with E-state index in [2.05, 4.69) is 9.44 Å². The van der Waals surface area contributed by atoms with E-state index in [1.807, 2.05) is 18.2 Å². The Morgan fingerprint density at radius 2 is 1.58 bits per heavy atom. The largest absolute Gasteiger partial charge is 0.280 e. The molecule has 2 aromatic rings. The molecule has 0 spiro atoms. The smallest absolute Gasteiger partial charge is 0.255 e. The van der Waals surface area contributed by atoms with Gasteiger partial charge in [-0.2, -0.15) is 0 Å². The normalized spacial score (nSPS) is 15.2. The van der Waals surface area contributed by atoms with Gasteiger partial charge in [-0.3, -0.25) is 4.72 Å². The van der Waals surface area contributed by atoms with Gasteiger partial charge in [0.2, 0.25) is 10.0 Å². The molecule has 0 aliphatic heterocycles. The van der Waals surface area contributed by atoms with E-state index in [4.69, 9.17) is 0 Å². The van der Waals surface area contributed by atoms with Crippen LogP contribution in [-0.4, -0.2) is 23.4 Å². The quantitative estimate of drug-likeness (QED) is 0.722. The van der Waals surface area contributed by atoms with Crippen molar-refractivity contribution < 1.29 is 16.8 Å². The molecule has 1 saturated carbocycles. The standard InChI is InChI=1S/C18H20N2O4S2/c21-25(22,13-12-15-4-2-1-3-5-15)20-17-8-10-18(11-9-17)26(23,24)19-14-16-6-7-16/h1-5,8-13,16,19-20H,6-7,14H2/b13-12+. The molecule has 0 unspecified atom stereocenters. The molecule has 0 atom stereocenters. The minimum atomic E-state index is -3.69. The summed E-state index contributed by atoms with van der Waals surface area (Å²) in [5.41, 5.74) is 1.06. The summed E-state index contributed by atoms with van der Waals surface area (Å²) >= 11 is 0. The first-order chi connectivity index (χ1) is 12.3. The first-order valence-electron chi connectivity index (χ1n) is 8.20. The van der Waals surface area contributed by atoms with Crippen LogP contribution in [0.3, 0.4) is 0 Å². The number of nitrogens with one attached hydrogen (secondary N) is 2. The lowest BCUT2D eigenvalue weighted by Gasteiger charge is -2.08. The van der Waals surface area contributed by atoms with Crippen molar-refractivity contribution in [1.82, 2.24) is 4.72 Å². The van der Waals surface area contributed by atoms with Gasteiger partial charge in [-0.1, -0.05) is 30.3 Å². The SMILES string of the molecule is O=S(=O)(/C=C/c1ccccc1)Nc1ccc(S(=O)(=O)NCC2CC2)cc1. The summed E-state index contributed by atoms with van der Waals surface area (Å²) in [6.07, 6.45) is 3.60. The Bertz CT molecular complexity index is 979. The minimum absolute atomic E-state index is 0.112. The van der Waals surface area contributed by atoms with Gasteiger partial charge in [-0.15, -0.1) is 0 Å². The zero-order valence-electron chi connectivity index (χ0n) is 14.0. The molecule has 0 amide bonds. The Labute approximate surface area is 154 Å². The van der Waals surface area contributed by atoms with Crippen LogP contribution in [0.15, 0.2) is 64.9 Å². The van der Waals surface area contributed by atoms with E-state index in [-0.39, 0.29) is 4.90 Å². The monoisotopic (exact) mass is 392 g/mol. The Morgan fingerprint density at radius 3 is 2.19 bits per heavy atom. The molecule has 1 aliphatic rings. The fourth-order valence-electron chi connectivity index (χ4n) is 2.27. The summed E-state index contributed by atoms with van der Waals surface area (Å²) in [6, 6.07) is 14.7. The zero-order valence-corrected chi connectivity index (χ0v) is 15.6. The Balaban J connectivity index is 1.65. The van der Waals surface area contributed by atoms with E-state index in [1.165, 1.54) is 30.3 Å². The molecular weight excluding hydrogens is 372 g/mol. The average molecular weight is 393 g/mol. The van der Waals surface area contributed by atoms with Crippen molar-refractivity contribution in [1.29, 1.82) is 0 Å². The second-order valence-corrected chi connectivity index (χ2v) is 9.51. The number of benzene rings is 2. The summed E-state index contributed by atoms with van der Waals surface area (Å²) in [4.78, 5) is 0.112. The summed E-state index contributed by atoms with van der Waals surface area (Å²) in [7, 11) is -7.25. The number of hydrogen-bond donors (Lipinski definition) is 2. The van der Waals surface area contributed by atoms with E-state index < -0.39 is 20.0 Å². The summed E-state index contributed by atoms with van der Waals surface area (Å²) in [6.45, 7) is 0.445. The van der Waals surface area contributed by atoms with Gasteiger partial charge < -0.3 is 0 Å². The molecule has 138 valence electrons. The van der Waals surface area contributed by atoms with Crippen molar-refractivity contribution in [3.63, 3.8) is 0 Å². The predicted octanol–water partition coefficient (Wildman–Crippen LogP) is 2.79. The highest BCUT2D eigenvalue weighted by atomic mass is 32.2. The molecular formula is C18H20N2O4S2. The van der Waals surface area contributed by atoms with Crippen molar-refractivity contribution in [2.45, 2.75) is 17.7 Å². The van der Waals surface area contributed by atoms with Crippen molar-refractivity contribution in [3.05, 3.63) is 65.6 Å². The molecule has 0 radical (unpaired) electrons. The molecule has 0 saturated heterocycles. The zero-order chi connectivity index (χ0) is 18.6. The third-order valence-electron chi connectivity index (χ3n) is 3.92. The molecule has 1 fully saturated rings. The molecule has 0 aromatic heterocycles. The fraction of sp³-hybridized carbons (Fsp3) is 0.222. The number of sulfonamides is 2. The topological polar surface area (TPSA) is 92.3 Å². The van der Waals surface area contributed by atoms with Crippen LogP contribution >= 0.6 is 0 Å². The summed E-state index contributed by atoms with van der Waals surface area (Å²) in [5, 5.41) is 1.07. The second-order valence-electron chi connectivity index (χ2n) is 6.18. The highest BCUT2D eigenvalue weighted by molar-refractivity contribution is 7.95. The van der Waals surface area contributed by atoms with Crippen molar-refractivity contribution in [2.24, 2.45) is 5.92 Å². The van der Waals surface area contributed by atoms with Gasteiger partial charge in [0.1, 0.15) is 0 Å². The molecule has 2 aromatic carbocycles. The van der Waals surface area contributed by atoms with E-state index in [0.29, 0.717) is 18.2 Å². The lowest BCUT2D eigenvalue weighted by atomic mass is 10.2. The molecule has 8 heteroatoms. The van der Waals surface area contributed by atoms with Crippen LogP contribution in [0.2, 0.25) is 0 Å². The van der Waals surface area contributed by atoms with Crippen LogP contribution in [0.5, 0.6) is 0 Å². The first kappa shape index (κ1) is 18.6. The van der Waals surface area contributed by atoms with Crippen molar-refractivity contribution in [2.75, 3.05) is 11.3 Å². The van der Waals surface area contributed by atoms with E-state index in [0.717, 1.165) is 23.8 Å². The Kier molecular flexibility index (Phi) is 5.45. The van der Waals surface area contributed by atoms with Crippen LogP contribution in [0.25, 0.3) is 6.08 Å². The van der Waals surface area contributed by atoms with Crippen LogP contribution in [0, 0.1) is 5.92 Å². The predicted molar refractivity (Wildman–Crippen MR) is 102 cm³/mol. The minimum Gasteiger partial charge on any atom is -0.280 e. The maximum absolute atomic E-state index is 12.2. The Hall–Kier alpha value is -2.16. The van der Waals surface area contributed by atoms with Crippen LogP contribution in [0.4, 0.5) is 5.69 Å². The van der Waals surface area contributed by atoms with Crippen LogP contribution < -0.4 is 9.44 Å². The molecule has 1 aliphatic carbocycles. The number of hydrogen-bond acceptors (Lipinski definition) is 4. The summed E-state index contributed by atoms with van der Waals surface area (Å²) in [5.74, 6) is 0.437. The highest BCUT2D eigenvalue weighted by Crippen LogP contribution is 2.28. The third-order valence-corrected chi connectivity index (χ3v) is 6.38. The number of rotatable bonds is 8. The van der Waals surface area contributed by atoms with Gasteiger partial charge in [0.25, 0.3) is 10.0 Å². The van der Waals surface area contributed by atoms with Crippen LogP contribution in [0.1, 0.15) is 18.4 Å². The maximum atomic E-state index is 12.2. The van der Waals surface area contributed by atoms with E-state index >= 15 is 0 Å². The molecule has 2 N–H and O–H groups in total. The average Bonchev–Trinajstić information content (AvgIpc) is 3.44. The first-order valence-corrected chi connectivity index (χ1v) is 11.2. The van der Waals surface area contributed by atoms with Crippen LogP contribution in [-0.2, 0) is 20.0 Å². The van der Waals surface area contributed by atoms with E-state index in [1.54, 1.807) is 12.1 Å². The fourth-order valence-corrected chi connectivity index (χ4v) is 4.25. The van der Waals surface area contributed by atoms with Gasteiger partial charge in [0.15, 0.2) is 0 Å². The second kappa shape index (κ2) is 7.61. The molecule has 26 heavy (non-hydrogen) atoms. The highest BCUT2D eigenvalue weighted by Gasteiger charge is 2.24. The lowest BCUT2D eigenvalue weighted by molar-refractivity contribution is 0.577. The summed E-state index contributed by atoms with van der Waals surface area (Å²) < 4.78 is 53.5. The molecule has 6 nitrogen and oxygen atoms in total. The van der Waals surface area contributed by atoms with Gasteiger partial charge in [-0.05, 0) is 54.7 Å². The van der Waals surface area contributed by atoms with Crippen molar-refractivity contribution in [3.8, 4) is 0 Å². The molecule has 0 bridgehead atoms. The maximum Gasteiger partial charge on any atom is 0.255 e. The van der Waals surface area contributed by atoms with E-state index in [9.17, 15) is 16.8 Å². The third kappa shape index (κ3) is 5.42. The number of anilines is 1. The van der Waals surface area contributed by atoms with Crippen molar-refractivity contribution >= 4 is 31.8 Å². The van der Waals surface area contributed by atoms with Gasteiger partial charge >= 0.3 is 0 Å². The lowest BCUT2D eigenvalue weighted by Crippen LogP contribution is -2.25. The van der Waals surface area contributed by atoms with Gasteiger partial charge in [0, 0.05) is 12.2 Å². The van der Waals surface area contributed by atoms with Gasteiger partial charge in [-0.25, -0.2) is 21.6 Å². The van der Waals surface area contributed by atoms with Gasteiger partial charge in [0.05, 0.1) is 10.3 Å².